The molecule has 1 saturated heterocycles. The predicted molar refractivity (Wildman–Crippen MR) is 61.8 cm³/mol. The van der Waals surface area contributed by atoms with E-state index >= 15 is 0 Å². The molecule has 0 radical (unpaired) electrons. The Hall–Kier alpha value is -1.63. The SMILES string of the molecule is CC(=O)OC[C@H]1OC(OC(C)=O)C(C)[C@H]1OC(C)=O. The van der Waals surface area contributed by atoms with Crippen molar-refractivity contribution in [3.8, 4) is 0 Å². The first-order valence-electron chi connectivity index (χ1n) is 5.94. The molecule has 1 aliphatic heterocycles. The van der Waals surface area contributed by atoms with Gasteiger partial charge in [-0.1, -0.05) is 6.92 Å². The van der Waals surface area contributed by atoms with Crippen LogP contribution >= 0.6 is 0 Å². The van der Waals surface area contributed by atoms with Crippen LogP contribution in [0.2, 0.25) is 0 Å². The smallest absolute Gasteiger partial charge is 0.304 e. The number of carbonyl (C=O) groups is 3. The molecule has 4 atom stereocenters. The van der Waals surface area contributed by atoms with E-state index in [-0.39, 0.29) is 12.5 Å². The molecule has 0 aromatic rings. The first kappa shape index (κ1) is 15.4. The van der Waals surface area contributed by atoms with Gasteiger partial charge in [0.1, 0.15) is 18.8 Å². The summed E-state index contributed by atoms with van der Waals surface area (Å²) in [7, 11) is 0. The number of rotatable bonds is 4. The molecule has 7 heteroatoms. The molecule has 1 fully saturated rings. The summed E-state index contributed by atoms with van der Waals surface area (Å²) in [5, 5.41) is 0. The molecule has 0 bridgehead atoms. The Morgan fingerprint density at radius 2 is 1.58 bits per heavy atom. The fourth-order valence-corrected chi connectivity index (χ4v) is 1.87. The number of carbonyl (C=O) groups excluding carboxylic acids is 3. The molecule has 7 nitrogen and oxygen atoms in total. The molecule has 0 N–H and O–H groups in total. The number of esters is 3. The molecule has 0 aromatic carbocycles. The molecule has 0 spiro atoms. The Morgan fingerprint density at radius 3 is 2.05 bits per heavy atom. The largest absolute Gasteiger partial charge is 0.463 e. The third kappa shape index (κ3) is 4.51. The average Bonchev–Trinajstić information content (AvgIpc) is 2.53. The van der Waals surface area contributed by atoms with Gasteiger partial charge in [-0.3, -0.25) is 14.4 Å². The highest BCUT2D eigenvalue weighted by atomic mass is 16.7. The van der Waals surface area contributed by atoms with E-state index in [0.29, 0.717) is 0 Å². The predicted octanol–water partition coefficient (Wildman–Crippen LogP) is 0.405. The summed E-state index contributed by atoms with van der Waals surface area (Å²) in [6, 6.07) is 0. The van der Waals surface area contributed by atoms with Crippen molar-refractivity contribution in [2.75, 3.05) is 6.61 Å². The molecule has 0 amide bonds. The van der Waals surface area contributed by atoms with Gasteiger partial charge < -0.3 is 18.9 Å². The average molecular weight is 274 g/mol. The van der Waals surface area contributed by atoms with Crippen molar-refractivity contribution < 1.29 is 33.3 Å². The minimum atomic E-state index is -0.817. The van der Waals surface area contributed by atoms with Gasteiger partial charge in [-0.15, -0.1) is 0 Å². The standard InChI is InChI=1S/C12H18O7/c1-6-11(17-8(3)14)10(5-16-7(2)13)19-12(6)18-9(4)15/h6,10-12H,5H2,1-4H3/t6?,10-,11-,12?/m1/s1. The van der Waals surface area contributed by atoms with Gasteiger partial charge in [-0.05, 0) is 0 Å². The van der Waals surface area contributed by atoms with Crippen molar-refractivity contribution in [2.24, 2.45) is 5.92 Å². The molecule has 0 saturated carbocycles. The number of hydrogen-bond donors (Lipinski definition) is 0. The zero-order chi connectivity index (χ0) is 14.6. The van der Waals surface area contributed by atoms with Crippen molar-refractivity contribution in [1.29, 1.82) is 0 Å². The second kappa shape index (κ2) is 6.51. The third-order valence-electron chi connectivity index (χ3n) is 2.66. The van der Waals surface area contributed by atoms with Crippen LogP contribution in [-0.4, -0.2) is 43.0 Å². The van der Waals surface area contributed by atoms with E-state index in [1.165, 1.54) is 20.8 Å². The van der Waals surface area contributed by atoms with Crippen molar-refractivity contribution in [2.45, 2.75) is 46.2 Å². The quantitative estimate of drug-likeness (QED) is 0.541. The highest BCUT2D eigenvalue weighted by Gasteiger charge is 2.46. The van der Waals surface area contributed by atoms with E-state index in [9.17, 15) is 14.4 Å². The Labute approximate surface area is 111 Å². The van der Waals surface area contributed by atoms with Gasteiger partial charge in [0, 0.05) is 20.8 Å². The normalized spacial score (nSPS) is 29.7. The molecule has 2 unspecified atom stereocenters. The molecule has 1 rings (SSSR count). The van der Waals surface area contributed by atoms with E-state index in [1.807, 2.05) is 0 Å². The lowest BCUT2D eigenvalue weighted by atomic mass is 10.0. The molecule has 0 aromatic heterocycles. The van der Waals surface area contributed by atoms with Crippen molar-refractivity contribution in [3.05, 3.63) is 0 Å². The maximum atomic E-state index is 11.1. The maximum absolute atomic E-state index is 11.1. The Kier molecular flexibility index (Phi) is 5.29. The van der Waals surface area contributed by atoms with Crippen LogP contribution in [0, 0.1) is 5.92 Å². The van der Waals surface area contributed by atoms with Crippen molar-refractivity contribution in [1.82, 2.24) is 0 Å². The van der Waals surface area contributed by atoms with E-state index in [4.69, 9.17) is 18.9 Å². The molecule has 19 heavy (non-hydrogen) atoms. The second-order valence-electron chi connectivity index (χ2n) is 4.39. The van der Waals surface area contributed by atoms with E-state index < -0.39 is 36.4 Å². The van der Waals surface area contributed by atoms with Crippen LogP contribution in [0.4, 0.5) is 0 Å². The fraction of sp³-hybridized carbons (Fsp3) is 0.750. The lowest BCUT2D eigenvalue weighted by Crippen LogP contribution is -2.34. The second-order valence-corrected chi connectivity index (χ2v) is 4.39. The van der Waals surface area contributed by atoms with Gasteiger partial charge in [0.15, 0.2) is 0 Å². The Bertz CT molecular complexity index is 365. The lowest BCUT2D eigenvalue weighted by molar-refractivity contribution is -0.183. The minimum Gasteiger partial charge on any atom is -0.463 e. The summed E-state index contributed by atoms with van der Waals surface area (Å²) in [4.78, 5) is 32.8. The van der Waals surface area contributed by atoms with Gasteiger partial charge in [0.05, 0.1) is 5.92 Å². The van der Waals surface area contributed by atoms with Crippen LogP contribution in [0.5, 0.6) is 0 Å². The third-order valence-corrected chi connectivity index (χ3v) is 2.66. The Balaban J connectivity index is 2.71. The van der Waals surface area contributed by atoms with Crippen molar-refractivity contribution >= 4 is 17.9 Å². The van der Waals surface area contributed by atoms with Gasteiger partial charge in [0.2, 0.25) is 6.29 Å². The molecule has 1 aliphatic rings. The first-order valence-corrected chi connectivity index (χ1v) is 5.94. The molecular weight excluding hydrogens is 256 g/mol. The molecule has 108 valence electrons. The zero-order valence-electron chi connectivity index (χ0n) is 11.4. The van der Waals surface area contributed by atoms with Crippen LogP contribution in [0.3, 0.4) is 0 Å². The highest BCUT2D eigenvalue weighted by molar-refractivity contribution is 5.67. The monoisotopic (exact) mass is 274 g/mol. The minimum absolute atomic E-state index is 0.0601. The summed E-state index contributed by atoms with van der Waals surface area (Å²) in [6.07, 6.45) is -2.09. The van der Waals surface area contributed by atoms with Gasteiger partial charge in [0.25, 0.3) is 0 Å². The summed E-state index contributed by atoms with van der Waals surface area (Å²) >= 11 is 0. The van der Waals surface area contributed by atoms with Crippen molar-refractivity contribution in [3.63, 3.8) is 0 Å². The fourth-order valence-electron chi connectivity index (χ4n) is 1.87. The van der Waals surface area contributed by atoms with E-state index in [0.717, 1.165) is 0 Å². The molecular formula is C12H18O7. The van der Waals surface area contributed by atoms with Crippen LogP contribution in [0.1, 0.15) is 27.7 Å². The maximum Gasteiger partial charge on any atom is 0.304 e. The van der Waals surface area contributed by atoms with Gasteiger partial charge in [-0.2, -0.15) is 0 Å². The topological polar surface area (TPSA) is 88.1 Å². The number of hydrogen-bond acceptors (Lipinski definition) is 7. The summed E-state index contributed by atoms with van der Waals surface area (Å²) in [6.45, 7) is 5.47. The summed E-state index contributed by atoms with van der Waals surface area (Å²) < 4.78 is 20.4. The van der Waals surface area contributed by atoms with Gasteiger partial charge >= 0.3 is 17.9 Å². The molecule has 0 aliphatic carbocycles. The number of ether oxygens (including phenoxy) is 4. The van der Waals surface area contributed by atoms with E-state index in [1.54, 1.807) is 6.92 Å². The van der Waals surface area contributed by atoms with Crippen LogP contribution < -0.4 is 0 Å². The zero-order valence-corrected chi connectivity index (χ0v) is 11.4. The highest BCUT2D eigenvalue weighted by Crippen LogP contribution is 2.30. The van der Waals surface area contributed by atoms with Crippen LogP contribution in [0.25, 0.3) is 0 Å². The Morgan fingerprint density at radius 1 is 1.00 bits per heavy atom. The lowest BCUT2D eigenvalue weighted by Gasteiger charge is -2.19. The van der Waals surface area contributed by atoms with E-state index in [2.05, 4.69) is 0 Å². The van der Waals surface area contributed by atoms with Gasteiger partial charge in [-0.25, -0.2) is 0 Å². The summed E-state index contributed by atoms with van der Waals surface area (Å²) in [5.41, 5.74) is 0. The van der Waals surface area contributed by atoms with Crippen LogP contribution in [-0.2, 0) is 33.3 Å². The summed E-state index contributed by atoms with van der Waals surface area (Å²) in [5.74, 6) is -1.77. The molecule has 1 heterocycles. The first-order chi connectivity index (χ1) is 8.81. The van der Waals surface area contributed by atoms with Crippen LogP contribution in [0.15, 0.2) is 0 Å².